The Labute approximate surface area is 238 Å². The average molecular weight is 566 g/mol. The SMILES string of the molecule is CCOC(=O)CCNC(=O)C(c1ccc(C)cc1)N(C(=O)C(CCSC)NC(=O)OC(C)(C)C)C(C)(C)CC. The fourth-order valence-electron chi connectivity index (χ4n) is 3.84. The number of esters is 1. The van der Waals surface area contributed by atoms with Crippen LogP contribution < -0.4 is 10.6 Å². The molecule has 0 spiro atoms. The van der Waals surface area contributed by atoms with Gasteiger partial charge in [0, 0.05) is 12.1 Å². The molecule has 2 atom stereocenters. The van der Waals surface area contributed by atoms with Crippen LogP contribution in [-0.4, -0.2) is 71.1 Å². The van der Waals surface area contributed by atoms with Crippen LogP contribution in [0.1, 0.15) is 84.9 Å². The van der Waals surface area contributed by atoms with E-state index in [0.717, 1.165) is 5.56 Å². The summed E-state index contributed by atoms with van der Waals surface area (Å²) in [5.41, 5.74) is 0.156. The molecule has 1 aromatic carbocycles. The Hall–Kier alpha value is -2.75. The van der Waals surface area contributed by atoms with Crippen molar-refractivity contribution in [1.29, 1.82) is 0 Å². The largest absolute Gasteiger partial charge is 0.466 e. The quantitative estimate of drug-likeness (QED) is 0.312. The Bertz CT molecular complexity index is 959. The number of nitrogens with zero attached hydrogens (tertiary/aromatic N) is 1. The third kappa shape index (κ3) is 11.5. The van der Waals surface area contributed by atoms with E-state index in [1.807, 2.05) is 58.2 Å². The van der Waals surface area contributed by atoms with Crippen LogP contribution in [0.25, 0.3) is 0 Å². The van der Waals surface area contributed by atoms with Gasteiger partial charge >= 0.3 is 12.1 Å². The first-order valence-corrected chi connectivity index (χ1v) is 14.9. The Morgan fingerprint density at radius 3 is 2.15 bits per heavy atom. The van der Waals surface area contributed by atoms with Gasteiger partial charge in [-0.1, -0.05) is 36.8 Å². The number of aryl methyl sites for hydroxylation is 1. The molecule has 9 nitrogen and oxygen atoms in total. The molecule has 0 aliphatic rings. The Morgan fingerprint density at radius 2 is 1.64 bits per heavy atom. The summed E-state index contributed by atoms with van der Waals surface area (Å²) >= 11 is 1.56. The van der Waals surface area contributed by atoms with E-state index in [2.05, 4.69) is 10.6 Å². The van der Waals surface area contributed by atoms with Crippen LogP contribution in [0.2, 0.25) is 0 Å². The molecule has 0 fully saturated rings. The van der Waals surface area contributed by atoms with Crippen molar-refractivity contribution in [3.05, 3.63) is 35.4 Å². The number of alkyl carbamates (subject to hydrolysis) is 1. The third-order valence-corrected chi connectivity index (χ3v) is 6.83. The van der Waals surface area contributed by atoms with Crippen molar-refractivity contribution >= 4 is 35.6 Å². The van der Waals surface area contributed by atoms with Gasteiger partial charge in [0.1, 0.15) is 17.7 Å². The van der Waals surface area contributed by atoms with Crippen molar-refractivity contribution in [3.8, 4) is 0 Å². The number of benzene rings is 1. The van der Waals surface area contributed by atoms with E-state index in [-0.39, 0.29) is 25.5 Å². The molecule has 0 aliphatic heterocycles. The Kier molecular flexibility index (Phi) is 13.8. The zero-order valence-corrected chi connectivity index (χ0v) is 25.8. The van der Waals surface area contributed by atoms with E-state index < -0.39 is 41.2 Å². The molecule has 1 aromatic rings. The summed E-state index contributed by atoms with van der Waals surface area (Å²) in [6, 6.07) is 5.54. The minimum atomic E-state index is -0.993. The lowest BCUT2D eigenvalue weighted by Crippen LogP contribution is -2.59. The molecular formula is C29H47N3O6S. The number of carbonyl (C=O) groups is 4. The minimum Gasteiger partial charge on any atom is -0.466 e. The molecule has 0 saturated carbocycles. The Balaban J connectivity index is 3.51. The smallest absolute Gasteiger partial charge is 0.408 e. The van der Waals surface area contributed by atoms with Gasteiger partial charge in [-0.15, -0.1) is 0 Å². The lowest BCUT2D eigenvalue weighted by molar-refractivity contribution is -0.149. The summed E-state index contributed by atoms with van der Waals surface area (Å²) < 4.78 is 10.4. The van der Waals surface area contributed by atoms with Gasteiger partial charge in [0.25, 0.3) is 0 Å². The number of amides is 3. The van der Waals surface area contributed by atoms with Crippen molar-refractivity contribution in [2.75, 3.05) is 25.2 Å². The molecule has 0 bridgehead atoms. The maximum atomic E-state index is 14.3. The predicted molar refractivity (Wildman–Crippen MR) is 156 cm³/mol. The summed E-state index contributed by atoms with van der Waals surface area (Å²) in [6.45, 7) is 15.0. The van der Waals surface area contributed by atoms with Crippen LogP contribution in [0, 0.1) is 6.92 Å². The van der Waals surface area contributed by atoms with E-state index in [4.69, 9.17) is 9.47 Å². The summed E-state index contributed by atoms with van der Waals surface area (Å²) in [5.74, 6) is -0.593. The van der Waals surface area contributed by atoms with Crippen molar-refractivity contribution < 1.29 is 28.7 Å². The zero-order valence-electron chi connectivity index (χ0n) is 25.0. The fourth-order valence-corrected chi connectivity index (χ4v) is 4.31. The van der Waals surface area contributed by atoms with Crippen molar-refractivity contribution in [1.82, 2.24) is 15.5 Å². The summed E-state index contributed by atoms with van der Waals surface area (Å²) in [5, 5.41) is 5.57. The van der Waals surface area contributed by atoms with E-state index in [1.54, 1.807) is 44.4 Å². The number of rotatable bonds is 14. The molecule has 3 amide bonds. The molecule has 2 unspecified atom stereocenters. The van der Waals surface area contributed by atoms with E-state index in [9.17, 15) is 19.2 Å². The van der Waals surface area contributed by atoms with Crippen molar-refractivity contribution in [2.24, 2.45) is 0 Å². The Morgan fingerprint density at radius 1 is 1.03 bits per heavy atom. The predicted octanol–water partition coefficient (Wildman–Crippen LogP) is 4.77. The molecule has 1 rings (SSSR count). The summed E-state index contributed by atoms with van der Waals surface area (Å²) in [4.78, 5) is 54.2. The molecule has 39 heavy (non-hydrogen) atoms. The second kappa shape index (κ2) is 15.7. The molecule has 0 saturated heterocycles. The van der Waals surface area contributed by atoms with Crippen LogP contribution in [0.15, 0.2) is 24.3 Å². The van der Waals surface area contributed by atoms with E-state index >= 15 is 0 Å². The van der Waals surface area contributed by atoms with Gasteiger partial charge in [0.05, 0.1) is 13.0 Å². The number of hydrogen-bond donors (Lipinski definition) is 2. The number of ether oxygens (including phenoxy) is 2. The molecule has 0 radical (unpaired) electrons. The zero-order chi connectivity index (χ0) is 29.8. The highest BCUT2D eigenvalue weighted by molar-refractivity contribution is 7.98. The second-order valence-corrected chi connectivity index (χ2v) is 12.0. The van der Waals surface area contributed by atoms with Crippen LogP contribution in [-0.2, 0) is 23.9 Å². The maximum Gasteiger partial charge on any atom is 0.408 e. The highest BCUT2D eigenvalue weighted by Crippen LogP contribution is 2.32. The van der Waals surface area contributed by atoms with E-state index in [1.165, 1.54) is 0 Å². The topological polar surface area (TPSA) is 114 Å². The maximum absolute atomic E-state index is 14.3. The van der Waals surface area contributed by atoms with Crippen LogP contribution >= 0.6 is 11.8 Å². The third-order valence-electron chi connectivity index (χ3n) is 6.19. The van der Waals surface area contributed by atoms with Crippen LogP contribution in [0.4, 0.5) is 4.79 Å². The first-order valence-electron chi connectivity index (χ1n) is 13.5. The summed E-state index contributed by atoms with van der Waals surface area (Å²) in [7, 11) is 0. The normalized spacial score (nSPS) is 13.2. The fraction of sp³-hybridized carbons (Fsp3) is 0.655. The standard InChI is InChI=1S/C29H47N3O6S/c1-10-29(7,8)32(26(35)22(17-19-39-9)31-27(36)38-28(4,5)6)24(21-14-12-20(3)13-15-21)25(34)30-18-16-23(33)37-11-2/h12-15,22,24H,10-11,16-19H2,1-9H3,(H,30,34)(H,31,36). The number of nitrogens with one attached hydrogen (secondary N) is 2. The van der Waals surface area contributed by atoms with Crippen LogP contribution in [0.3, 0.4) is 0 Å². The molecule has 10 heteroatoms. The molecular weight excluding hydrogens is 518 g/mol. The first-order chi connectivity index (χ1) is 18.2. The van der Waals surface area contributed by atoms with Crippen molar-refractivity contribution in [3.63, 3.8) is 0 Å². The minimum absolute atomic E-state index is 0.0157. The van der Waals surface area contributed by atoms with Gasteiger partial charge in [-0.2, -0.15) is 11.8 Å². The van der Waals surface area contributed by atoms with Crippen molar-refractivity contribution in [2.45, 2.75) is 97.9 Å². The van der Waals surface area contributed by atoms with Gasteiger partial charge in [0.2, 0.25) is 11.8 Å². The van der Waals surface area contributed by atoms with Gasteiger partial charge < -0.3 is 25.0 Å². The highest BCUT2D eigenvalue weighted by atomic mass is 32.2. The monoisotopic (exact) mass is 565 g/mol. The number of thioether (sulfide) groups is 1. The number of carbonyl (C=O) groups excluding carboxylic acids is 4. The van der Waals surface area contributed by atoms with E-state index in [0.29, 0.717) is 24.2 Å². The van der Waals surface area contributed by atoms with Gasteiger partial charge in [-0.25, -0.2) is 4.79 Å². The molecule has 0 aliphatic carbocycles. The van der Waals surface area contributed by atoms with Crippen LogP contribution in [0.5, 0.6) is 0 Å². The molecule has 220 valence electrons. The van der Waals surface area contributed by atoms with Gasteiger partial charge in [-0.3, -0.25) is 14.4 Å². The average Bonchev–Trinajstić information content (AvgIpc) is 2.84. The lowest BCUT2D eigenvalue weighted by Gasteiger charge is -2.44. The molecule has 0 heterocycles. The number of hydrogen-bond acceptors (Lipinski definition) is 7. The highest BCUT2D eigenvalue weighted by Gasteiger charge is 2.43. The first kappa shape index (κ1) is 34.3. The van der Waals surface area contributed by atoms with Gasteiger partial charge in [0.15, 0.2) is 0 Å². The summed E-state index contributed by atoms with van der Waals surface area (Å²) in [6.07, 6.45) is 2.16. The molecule has 2 N–H and O–H groups in total. The molecule has 0 aromatic heterocycles. The second-order valence-electron chi connectivity index (χ2n) is 11.0. The lowest BCUT2D eigenvalue weighted by atomic mass is 9.91. The van der Waals surface area contributed by atoms with Gasteiger partial charge in [-0.05, 0) is 78.9 Å².